The maximum Gasteiger partial charge on any atom is 0.311 e. The van der Waals surface area contributed by atoms with Crippen LogP contribution >= 0.6 is 11.6 Å². The van der Waals surface area contributed by atoms with Crippen LogP contribution in [-0.4, -0.2) is 20.6 Å². The van der Waals surface area contributed by atoms with Crippen molar-refractivity contribution in [1.29, 1.82) is 0 Å². The molecule has 0 spiro atoms. The van der Waals surface area contributed by atoms with Gasteiger partial charge in [0.15, 0.2) is 17.3 Å². The Balaban J connectivity index is 1.35. The quantitative estimate of drug-likeness (QED) is 0.281. The summed E-state index contributed by atoms with van der Waals surface area (Å²) < 4.78 is 12.7. The summed E-state index contributed by atoms with van der Waals surface area (Å²) in [5, 5.41) is 18.9. The molecule has 168 valence electrons. The molecule has 4 rings (SSSR count). The Morgan fingerprint density at radius 1 is 1.18 bits per heavy atom. The number of nitrogens with zero attached hydrogens (tertiary/aromatic N) is 3. The van der Waals surface area contributed by atoms with Crippen LogP contribution in [0.4, 0.5) is 11.5 Å². The first kappa shape index (κ1) is 22.1. The van der Waals surface area contributed by atoms with Crippen molar-refractivity contribution in [1.82, 2.24) is 9.78 Å². The zero-order chi connectivity index (χ0) is 23.4. The molecule has 33 heavy (non-hydrogen) atoms. The molecule has 1 N–H and O–H groups in total. The fraction of sp³-hybridized carbons (Fsp3) is 0.130. The van der Waals surface area contributed by atoms with E-state index in [4.69, 9.17) is 20.8 Å². The molecule has 0 saturated carbocycles. The molecule has 0 bridgehead atoms. The maximum absolute atomic E-state index is 12.5. The summed E-state index contributed by atoms with van der Waals surface area (Å²) in [6.07, 6.45) is 1.75. The van der Waals surface area contributed by atoms with Crippen LogP contribution in [0.15, 0.2) is 71.3 Å². The topological polar surface area (TPSA) is 112 Å². The van der Waals surface area contributed by atoms with Gasteiger partial charge in [-0.3, -0.25) is 19.6 Å². The molecule has 9 nitrogen and oxygen atoms in total. The number of benzene rings is 2. The standard InChI is InChI=1S/C23H19ClN4O5/c1-15-2-8-20(19(12-15)28(30)31)32-14-18-7-9-21(33-18)23(29)25-22-10-11-27(26-22)13-16-3-5-17(24)6-4-16/h2-12H,13-14H2,1H3,(H,25,26,29). The lowest BCUT2D eigenvalue weighted by atomic mass is 10.2. The van der Waals surface area contributed by atoms with Crippen molar-refractivity contribution < 1.29 is 18.9 Å². The monoisotopic (exact) mass is 466 g/mol. The van der Waals surface area contributed by atoms with E-state index in [-0.39, 0.29) is 23.8 Å². The Kier molecular flexibility index (Phi) is 6.41. The van der Waals surface area contributed by atoms with Crippen molar-refractivity contribution in [3.63, 3.8) is 0 Å². The molecule has 0 saturated heterocycles. The molecule has 0 aliphatic heterocycles. The van der Waals surface area contributed by atoms with Crippen molar-refractivity contribution in [2.24, 2.45) is 0 Å². The minimum atomic E-state index is -0.505. The van der Waals surface area contributed by atoms with E-state index < -0.39 is 10.8 Å². The highest BCUT2D eigenvalue weighted by molar-refractivity contribution is 6.30. The summed E-state index contributed by atoms with van der Waals surface area (Å²) in [4.78, 5) is 23.2. The molecule has 0 radical (unpaired) electrons. The van der Waals surface area contributed by atoms with Gasteiger partial charge in [0.2, 0.25) is 0 Å². The number of furan rings is 1. The van der Waals surface area contributed by atoms with Gasteiger partial charge >= 0.3 is 5.69 Å². The Labute approximate surface area is 193 Å². The number of aryl methyl sites for hydroxylation is 1. The lowest BCUT2D eigenvalue weighted by Crippen LogP contribution is -2.12. The summed E-state index contributed by atoms with van der Waals surface area (Å²) in [6, 6.07) is 16.9. The van der Waals surface area contributed by atoms with Gasteiger partial charge in [-0.05, 0) is 48.4 Å². The van der Waals surface area contributed by atoms with Crippen LogP contribution in [0, 0.1) is 17.0 Å². The Morgan fingerprint density at radius 2 is 1.97 bits per heavy atom. The first-order valence-electron chi connectivity index (χ1n) is 9.93. The molecule has 2 aromatic heterocycles. The van der Waals surface area contributed by atoms with Crippen molar-refractivity contribution in [3.8, 4) is 5.75 Å². The third-order valence-corrected chi connectivity index (χ3v) is 4.96. The number of hydrogen-bond acceptors (Lipinski definition) is 6. The molecule has 0 atom stereocenters. The highest BCUT2D eigenvalue weighted by Crippen LogP contribution is 2.28. The number of amides is 1. The average Bonchev–Trinajstić information content (AvgIpc) is 3.44. The highest BCUT2D eigenvalue weighted by atomic mass is 35.5. The van der Waals surface area contributed by atoms with E-state index >= 15 is 0 Å². The number of carbonyl (C=O) groups is 1. The fourth-order valence-electron chi connectivity index (χ4n) is 3.09. The van der Waals surface area contributed by atoms with Crippen molar-refractivity contribution >= 4 is 29.0 Å². The van der Waals surface area contributed by atoms with E-state index in [1.165, 1.54) is 18.2 Å². The van der Waals surface area contributed by atoms with Crippen molar-refractivity contribution in [2.75, 3.05) is 5.32 Å². The Hall–Kier alpha value is -4.11. The number of nitro benzene ring substituents is 1. The number of hydrogen-bond donors (Lipinski definition) is 1. The second kappa shape index (κ2) is 9.58. The molecule has 0 unspecified atom stereocenters. The minimum absolute atomic E-state index is 0.0626. The smallest absolute Gasteiger partial charge is 0.311 e. The molecule has 0 fully saturated rings. The van der Waals surface area contributed by atoms with E-state index in [0.29, 0.717) is 23.1 Å². The summed E-state index contributed by atoms with van der Waals surface area (Å²) in [5.74, 6) is 0.444. The fourth-order valence-corrected chi connectivity index (χ4v) is 3.22. The van der Waals surface area contributed by atoms with E-state index in [2.05, 4.69) is 10.4 Å². The van der Waals surface area contributed by atoms with Gasteiger partial charge in [-0.15, -0.1) is 0 Å². The molecule has 2 heterocycles. The lowest BCUT2D eigenvalue weighted by molar-refractivity contribution is -0.386. The summed E-state index contributed by atoms with van der Waals surface area (Å²) in [6.45, 7) is 2.22. The van der Waals surface area contributed by atoms with E-state index in [1.807, 2.05) is 12.1 Å². The highest BCUT2D eigenvalue weighted by Gasteiger charge is 2.17. The van der Waals surface area contributed by atoms with Gasteiger partial charge in [-0.2, -0.15) is 5.10 Å². The van der Waals surface area contributed by atoms with Gasteiger partial charge in [-0.25, -0.2) is 0 Å². The van der Waals surface area contributed by atoms with Gasteiger partial charge < -0.3 is 14.5 Å². The van der Waals surface area contributed by atoms with Crippen molar-refractivity contribution in [2.45, 2.75) is 20.1 Å². The van der Waals surface area contributed by atoms with Crippen LogP contribution in [0.25, 0.3) is 0 Å². The number of carbonyl (C=O) groups excluding carboxylic acids is 1. The second-order valence-corrected chi connectivity index (χ2v) is 7.70. The number of aromatic nitrogens is 2. The molecule has 1 amide bonds. The third-order valence-electron chi connectivity index (χ3n) is 4.71. The van der Waals surface area contributed by atoms with Crippen LogP contribution in [0.3, 0.4) is 0 Å². The summed E-state index contributed by atoms with van der Waals surface area (Å²) in [7, 11) is 0. The van der Waals surface area contributed by atoms with Gasteiger partial charge in [0, 0.05) is 23.4 Å². The average molecular weight is 467 g/mol. The van der Waals surface area contributed by atoms with Gasteiger partial charge in [0.1, 0.15) is 12.4 Å². The number of anilines is 1. The van der Waals surface area contributed by atoms with E-state index in [9.17, 15) is 14.9 Å². The summed E-state index contributed by atoms with van der Waals surface area (Å²) >= 11 is 5.90. The maximum atomic E-state index is 12.5. The minimum Gasteiger partial charge on any atom is -0.479 e. The molecule has 2 aromatic carbocycles. The molecular weight excluding hydrogens is 448 g/mol. The number of nitrogens with one attached hydrogen (secondary N) is 1. The van der Waals surface area contributed by atoms with E-state index in [0.717, 1.165) is 11.1 Å². The SMILES string of the molecule is Cc1ccc(OCc2ccc(C(=O)Nc3ccn(Cc4ccc(Cl)cc4)n3)o2)c([N+](=O)[O-])c1. The third kappa shape index (κ3) is 5.58. The normalized spacial score (nSPS) is 10.7. The van der Waals surface area contributed by atoms with Gasteiger partial charge in [0.05, 0.1) is 11.5 Å². The lowest BCUT2D eigenvalue weighted by Gasteiger charge is -2.06. The van der Waals surface area contributed by atoms with Gasteiger partial charge in [0.25, 0.3) is 5.91 Å². The number of halogens is 1. The largest absolute Gasteiger partial charge is 0.479 e. The zero-order valence-corrected chi connectivity index (χ0v) is 18.3. The molecule has 0 aliphatic rings. The predicted molar refractivity (Wildman–Crippen MR) is 122 cm³/mol. The van der Waals surface area contributed by atoms with Crippen LogP contribution in [0.5, 0.6) is 5.75 Å². The predicted octanol–water partition coefficient (Wildman–Crippen LogP) is 5.23. The van der Waals surface area contributed by atoms with Crippen LogP contribution < -0.4 is 10.1 Å². The first-order valence-corrected chi connectivity index (χ1v) is 10.3. The van der Waals surface area contributed by atoms with Crippen molar-refractivity contribution in [3.05, 3.63) is 105 Å². The molecular formula is C23H19ClN4O5. The Bertz CT molecular complexity index is 1300. The number of rotatable bonds is 8. The van der Waals surface area contributed by atoms with Crippen LogP contribution in [0.2, 0.25) is 5.02 Å². The van der Waals surface area contributed by atoms with Gasteiger partial charge in [-0.1, -0.05) is 29.8 Å². The first-order chi connectivity index (χ1) is 15.9. The van der Waals surface area contributed by atoms with Crippen LogP contribution in [-0.2, 0) is 13.2 Å². The number of ether oxygens (including phenoxy) is 1. The Morgan fingerprint density at radius 3 is 2.73 bits per heavy atom. The molecule has 4 aromatic rings. The second-order valence-electron chi connectivity index (χ2n) is 7.26. The van der Waals surface area contributed by atoms with Crippen LogP contribution in [0.1, 0.15) is 27.4 Å². The van der Waals surface area contributed by atoms with E-state index in [1.54, 1.807) is 48.1 Å². The summed E-state index contributed by atoms with van der Waals surface area (Å²) in [5.41, 5.74) is 1.64. The molecule has 0 aliphatic carbocycles. The number of nitro groups is 1. The zero-order valence-electron chi connectivity index (χ0n) is 17.5. The molecule has 10 heteroatoms.